The number of nitrogens with one attached hydrogen (secondary N) is 1. The van der Waals surface area contributed by atoms with E-state index in [1.807, 2.05) is 6.08 Å². The fraction of sp³-hybridized carbons (Fsp3) is 0.708. The number of unbranched alkanes of at least 4 members (excludes halogenated alkanes) is 28. The van der Waals surface area contributed by atoms with E-state index in [9.17, 15) is 30.3 Å². The summed E-state index contributed by atoms with van der Waals surface area (Å²) in [6.07, 6.45) is 82.9. The molecule has 0 bridgehead atoms. The van der Waals surface area contributed by atoms with Crippen molar-refractivity contribution in [2.24, 2.45) is 0 Å². The van der Waals surface area contributed by atoms with Crippen molar-refractivity contribution in [2.45, 2.75) is 314 Å². The second-order valence-corrected chi connectivity index (χ2v) is 22.5. The zero-order valence-electron chi connectivity index (χ0n) is 51.7. The number of ether oxygens (including phenoxy) is 2. The van der Waals surface area contributed by atoms with Crippen LogP contribution in [0.15, 0.2) is 122 Å². The second-order valence-electron chi connectivity index (χ2n) is 22.5. The minimum Gasteiger partial charge on any atom is -0.394 e. The number of allylic oxidation sites excluding steroid dienone is 19. The molecule has 81 heavy (non-hydrogen) atoms. The summed E-state index contributed by atoms with van der Waals surface area (Å²) in [4.78, 5) is 13.1. The molecule has 0 radical (unpaired) electrons. The van der Waals surface area contributed by atoms with Gasteiger partial charge >= 0.3 is 0 Å². The monoisotopic (exact) mass is 1130 g/mol. The number of hydrogen-bond donors (Lipinski definition) is 6. The lowest BCUT2D eigenvalue weighted by molar-refractivity contribution is -0.302. The van der Waals surface area contributed by atoms with Gasteiger partial charge in [-0.2, -0.15) is 0 Å². The van der Waals surface area contributed by atoms with Crippen LogP contribution in [0.4, 0.5) is 0 Å². The van der Waals surface area contributed by atoms with Crippen LogP contribution in [-0.4, -0.2) is 87.5 Å². The third-order valence-corrected chi connectivity index (χ3v) is 15.0. The summed E-state index contributed by atoms with van der Waals surface area (Å²) >= 11 is 0. The average molecular weight is 1130 g/mol. The third kappa shape index (κ3) is 48.6. The van der Waals surface area contributed by atoms with E-state index < -0.39 is 49.5 Å². The van der Waals surface area contributed by atoms with E-state index >= 15 is 0 Å². The normalized spacial score (nSPS) is 19.2. The van der Waals surface area contributed by atoms with Crippen molar-refractivity contribution < 1.29 is 39.8 Å². The molecule has 1 aliphatic rings. The van der Waals surface area contributed by atoms with Gasteiger partial charge in [-0.25, -0.2) is 0 Å². The Kier molecular flexibility index (Phi) is 55.8. The van der Waals surface area contributed by atoms with Gasteiger partial charge in [0.1, 0.15) is 24.4 Å². The van der Waals surface area contributed by atoms with Crippen LogP contribution in [0.3, 0.4) is 0 Å². The molecule has 1 amide bonds. The maximum absolute atomic E-state index is 13.1. The summed E-state index contributed by atoms with van der Waals surface area (Å²) in [6.45, 7) is 3.65. The highest BCUT2D eigenvalue weighted by Gasteiger charge is 2.44. The predicted molar refractivity (Wildman–Crippen MR) is 345 cm³/mol. The molecule has 1 rings (SSSR count). The number of amides is 1. The molecule has 7 atom stereocenters. The lowest BCUT2D eigenvalue weighted by atomic mass is 9.99. The van der Waals surface area contributed by atoms with Gasteiger partial charge in [0.25, 0.3) is 0 Å². The van der Waals surface area contributed by atoms with Gasteiger partial charge in [-0.1, -0.05) is 283 Å². The van der Waals surface area contributed by atoms with Gasteiger partial charge in [0.15, 0.2) is 6.29 Å². The van der Waals surface area contributed by atoms with E-state index in [2.05, 4.69) is 129 Å². The van der Waals surface area contributed by atoms with Gasteiger partial charge in [-0.05, 0) is 103 Å². The number of hydrogen-bond acceptors (Lipinski definition) is 8. The maximum atomic E-state index is 13.1. The highest BCUT2D eigenvalue weighted by Crippen LogP contribution is 2.23. The van der Waals surface area contributed by atoms with E-state index in [1.165, 1.54) is 161 Å². The maximum Gasteiger partial charge on any atom is 0.220 e. The van der Waals surface area contributed by atoms with Crippen LogP contribution >= 0.6 is 0 Å². The van der Waals surface area contributed by atoms with Gasteiger partial charge in [0.2, 0.25) is 5.91 Å². The number of rotatable bonds is 56. The van der Waals surface area contributed by atoms with Crippen LogP contribution in [0, 0.1) is 0 Å². The van der Waals surface area contributed by atoms with Crippen LogP contribution in [0.5, 0.6) is 0 Å². The molecule has 464 valence electrons. The Morgan fingerprint density at radius 3 is 1.19 bits per heavy atom. The second kappa shape index (κ2) is 59.7. The first kappa shape index (κ1) is 75.6. The standard InChI is InChI=1S/C72H123NO8/c1-3-5-7-9-11-13-15-17-19-21-23-25-26-27-28-29-30-31-32-33-34-35-36-37-38-39-40-42-44-46-48-50-52-54-56-58-60-62-68(76)73-65(64-80-72-71(79)70(78)69(77)67(63-74)81-72)66(75)61-59-57-55-53-51-49-47-45-43-41-24-22-20-18-16-14-12-10-8-6-4-2/h5,7,11,13,17,19,23,25,27-28,30-31,33-34,43,45,51,53,59,61,65-67,69-72,74-75,77-79H,3-4,6,8-10,12,14-16,18,20-22,24,26,29,32,35-42,44,46-50,52,54-58,60,62-64H2,1-2H3,(H,73,76)/b7-5-,13-11-,19-17-,25-23-,28-27-,31-30-,34-33-,45-43+,53-51+,61-59+. The van der Waals surface area contributed by atoms with Crippen molar-refractivity contribution in [1.29, 1.82) is 0 Å². The van der Waals surface area contributed by atoms with Gasteiger partial charge < -0.3 is 40.3 Å². The molecule has 1 heterocycles. The van der Waals surface area contributed by atoms with E-state index in [4.69, 9.17) is 9.47 Å². The lowest BCUT2D eigenvalue weighted by Crippen LogP contribution is -2.60. The Hall–Kier alpha value is -3.41. The quantitative estimate of drug-likeness (QED) is 0.0261. The van der Waals surface area contributed by atoms with Crippen molar-refractivity contribution in [3.8, 4) is 0 Å². The van der Waals surface area contributed by atoms with Crippen LogP contribution in [0.2, 0.25) is 0 Å². The molecule has 9 nitrogen and oxygen atoms in total. The van der Waals surface area contributed by atoms with Gasteiger partial charge in [0, 0.05) is 6.42 Å². The molecule has 0 aromatic rings. The molecular formula is C72H123NO8. The van der Waals surface area contributed by atoms with Crippen molar-refractivity contribution in [2.75, 3.05) is 13.2 Å². The molecule has 0 aliphatic carbocycles. The molecule has 7 unspecified atom stereocenters. The Labute approximate surface area is 497 Å². The molecule has 1 saturated heterocycles. The van der Waals surface area contributed by atoms with Crippen molar-refractivity contribution >= 4 is 5.91 Å². The van der Waals surface area contributed by atoms with Crippen molar-refractivity contribution in [3.05, 3.63) is 122 Å². The first-order valence-electron chi connectivity index (χ1n) is 33.3. The van der Waals surface area contributed by atoms with Crippen molar-refractivity contribution in [3.63, 3.8) is 0 Å². The summed E-state index contributed by atoms with van der Waals surface area (Å²) < 4.78 is 11.3. The number of aliphatic hydroxyl groups excluding tert-OH is 5. The largest absolute Gasteiger partial charge is 0.394 e. The fourth-order valence-corrected chi connectivity index (χ4v) is 9.82. The van der Waals surface area contributed by atoms with E-state index in [1.54, 1.807) is 6.08 Å². The molecule has 1 fully saturated rings. The summed E-state index contributed by atoms with van der Waals surface area (Å²) in [5.74, 6) is -0.193. The molecule has 9 heteroatoms. The van der Waals surface area contributed by atoms with Crippen molar-refractivity contribution in [1.82, 2.24) is 5.32 Å². The van der Waals surface area contributed by atoms with Crippen LogP contribution in [0.1, 0.15) is 271 Å². The van der Waals surface area contributed by atoms with Crippen LogP contribution < -0.4 is 5.32 Å². The molecular weight excluding hydrogens is 1010 g/mol. The molecule has 0 aromatic carbocycles. The smallest absolute Gasteiger partial charge is 0.220 e. The van der Waals surface area contributed by atoms with Gasteiger partial charge in [-0.3, -0.25) is 4.79 Å². The predicted octanol–water partition coefficient (Wildman–Crippen LogP) is 17.9. The minimum atomic E-state index is -1.58. The highest BCUT2D eigenvalue weighted by atomic mass is 16.7. The number of carbonyl (C=O) groups is 1. The van der Waals surface area contributed by atoms with Crippen LogP contribution in [0.25, 0.3) is 0 Å². The molecule has 6 N–H and O–H groups in total. The zero-order chi connectivity index (χ0) is 58.6. The minimum absolute atomic E-state index is 0.193. The molecule has 1 aliphatic heterocycles. The first-order valence-corrected chi connectivity index (χ1v) is 33.3. The average Bonchev–Trinajstić information content (AvgIpc) is 3.49. The van der Waals surface area contributed by atoms with E-state index in [0.717, 1.165) is 89.9 Å². The molecule has 0 saturated carbocycles. The van der Waals surface area contributed by atoms with E-state index in [-0.39, 0.29) is 12.5 Å². The Bertz CT molecular complexity index is 1690. The number of aliphatic hydroxyl groups is 5. The summed E-state index contributed by atoms with van der Waals surface area (Å²) in [5, 5.41) is 54.6. The third-order valence-electron chi connectivity index (χ3n) is 15.0. The Morgan fingerprint density at radius 2 is 0.778 bits per heavy atom. The lowest BCUT2D eigenvalue weighted by Gasteiger charge is -2.40. The van der Waals surface area contributed by atoms with E-state index in [0.29, 0.717) is 6.42 Å². The Balaban J connectivity index is 2.16. The molecule has 0 aromatic heterocycles. The summed E-state index contributed by atoms with van der Waals surface area (Å²) in [5.41, 5.74) is 0. The van der Waals surface area contributed by atoms with Gasteiger partial charge in [-0.15, -0.1) is 0 Å². The number of carbonyl (C=O) groups excluding carboxylic acids is 1. The Morgan fingerprint density at radius 1 is 0.432 bits per heavy atom. The fourth-order valence-electron chi connectivity index (χ4n) is 9.82. The first-order chi connectivity index (χ1) is 39.8. The summed E-state index contributed by atoms with van der Waals surface area (Å²) in [6, 6.07) is -0.836. The SMILES string of the molecule is CC/C=C\C/C=C\C/C=C\C/C=C\C/C=C\C/C=C\C/C=C\CCCCCCCCCCCCCCCCCC(=O)NC(COC1OC(CO)C(O)C(O)C1O)C(O)/C=C/CC/C=C/CC/C=C/CCCCCCCCCCCCC. The van der Waals surface area contributed by atoms with Crippen LogP contribution in [-0.2, 0) is 14.3 Å². The summed E-state index contributed by atoms with van der Waals surface area (Å²) in [7, 11) is 0. The topological polar surface area (TPSA) is 149 Å². The highest BCUT2D eigenvalue weighted by molar-refractivity contribution is 5.76. The molecule has 0 spiro atoms. The van der Waals surface area contributed by atoms with Gasteiger partial charge in [0.05, 0.1) is 25.4 Å². The zero-order valence-corrected chi connectivity index (χ0v) is 51.7.